The highest BCUT2D eigenvalue weighted by atomic mass is 35.5. The van der Waals surface area contributed by atoms with Gasteiger partial charge in [-0.2, -0.15) is 0 Å². The first-order chi connectivity index (χ1) is 9.11. The van der Waals surface area contributed by atoms with Gasteiger partial charge in [0, 0.05) is 17.2 Å². The Kier molecular flexibility index (Phi) is 4.47. The maximum absolute atomic E-state index is 12.0. The summed E-state index contributed by atoms with van der Waals surface area (Å²) in [6, 6.07) is 5.30. The first-order valence-electron chi connectivity index (χ1n) is 6.41. The van der Waals surface area contributed by atoms with Crippen molar-refractivity contribution in [2.75, 3.05) is 11.9 Å². The third-order valence-corrected chi connectivity index (χ3v) is 3.63. The lowest BCUT2D eigenvalue weighted by Crippen LogP contribution is -2.21. The molecule has 1 aliphatic rings. The van der Waals surface area contributed by atoms with Gasteiger partial charge in [-0.25, -0.2) is 0 Å². The summed E-state index contributed by atoms with van der Waals surface area (Å²) in [4.78, 5) is 12.0. The van der Waals surface area contributed by atoms with Gasteiger partial charge in [0.25, 0.3) is 0 Å². The predicted octanol–water partition coefficient (Wildman–Crippen LogP) is 2.63. The molecule has 1 aliphatic carbocycles. The van der Waals surface area contributed by atoms with E-state index in [4.69, 9.17) is 17.3 Å². The van der Waals surface area contributed by atoms with Crippen LogP contribution in [0.1, 0.15) is 25.3 Å². The molecular formula is C15H17ClN2O. The summed E-state index contributed by atoms with van der Waals surface area (Å²) in [5, 5.41) is 3.47. The van der Waals surface area contributed by atoms with E-state index in [2.05, 4.69) is 17.2 Å². The van der Waals surface area contributed by atoms with Crippen LogP contribution in [0.5, 0.6) is 0 Å². The standard InChI is InChI=1S/C15H17ClN2O/c1-10(11-4-5-11)15(19)18-13-6-7-14(16)12(9-13)3-2-8-17/h6-7,9-11H,4-5,8,17H2,1H3,(H,18,19). The van der Waals surface area contributed by atoms with E-state index in [1.54, 1.807) is 18.2 Å². The molecule has 0 saturated heterocycles. The van der Waals surface area contributed by atoms with E-state index in [-0.39, 0.29) is 18.4 Å². The fraction of sp³-hybridized carbons (Fsp3) is 0.400. The molecule has 19 heavy (non-hydrogen) atoms. The zero-order chi connectivity index (χ0) is 13.8. The largest absolute Gasteiger partial charge is 0.326 e. The monoisotopic (exact) mass is 276 g/mol. The molecule has 100 valence electrons. The second-order valence-corrected chi connectivity index (χ2v) is 5.22. The summed E-state index contributed by atoms with van der Waals surface area (Å²) in [7, 11) is 0. The molecule has 1 atom stereocenters. The van der Waals surface area contributed by atoms with Gasteiger partial charge in [-0.15, -0.1) is 0 Å². The molecule has 0 heterocycles. The normalized spacial score (nSPS) is 15.3. The van der Waals surface area contributed by atoms with Gasteiger partial charge in [0.05, 0.1) is 11.6 Å². The van der Waals surface area contributed by atoms with E-state index < -0.39 is 0 Å². The Morgan fingerprint density at radius 3 is 2.95 bits per heavy atom. The molecule has 0 spiro atoms. The van der Waals surface area contributed by atoms with Gasteiger partial charge in [-0.05, 0) is 37.0 Å². The molecule has 3 N–H and O–H groups in total. The maximum Gasteiger partial charge on any atom is 0.227 e. The highest BCUT2D eigenvalue weighted by Gasteiger charge is 2.32. The summed E-state index contributed by atoms with van der Waals surface area (Å²) in [5.74, 6) is 6.32. The zero-order valence-corrected chi connectivity index (χ0v) is 11.6. The van der Waals surface area contributed by atoms with Gasteiger partial charge in [0.1, 0.15) is 0 Å². The van der Waals surface area contributed by atoms with Crippen molar-refractivity contribution < 1.29 is 4.79 Å². The molecule has 1 fully saturated rings. The van der Waals surface area contributed by atoms with Gasteiger partial charge in [0.2, 0.25) is 5.91 Å². The van der Waals surface area contributed by atoms with Crippen molar-refractivity contribution in [3.63, 3.8) is 0 Å². The number of hydrogen-bond acceptors (Lipinski definition) is 2. The lowest BCUT2D eigenvalue weighted by atomic mass is 10.1. The number of carbonyl (C=O) groups excluding carboxylic acids is 1. The third-order valence-electron chi connectivity index (χ3n) is 3.30. The van der Waals surface area contributed by atoms with Gasteiger partial charge in [-0.3, -0.25) is 4.79 Å². The van der Waals surface area contributed by atoms with Gasteiger partial charge in [0.15, 0.2) is 0 Å². The Morgan fingerprint density at radius 1 is 1.58 bits per heavy atom. The highest BCUT2D eigenvalue weighted by molar-refractivity contribution is 6.31. The van der Waals surface area contributed by atoms with Crippen molar-refractivity contribution >= 4 is 23.2 Å². The molecule has 1 amide bonds. The van der Waals surface area contributed by atoms with Crippen LogP contribution in [0.2, 0.25) is 5.02 Å². The Labute approximate surface area is 118 Å². The SMILES string of the molecule is CC(C(=O)Nc1ccc(Cl)c(C#CCN)c1)C1CC1. The minimum atomic E-state index is 0.0579. The lowest BCUT2D eigenvalue weighted by Gasteiger charge is -2.11. The first-order valence-corrected chi connectivity index (χ1v) is 6.79. The summed E-state index contributed by atoms with van der Waals surface area (Å²) in [6.45, 7) is 2.25. The Hall–Kier alpha value is -1.50. The molecule has 2 rings (SSSR count). The van der Waals surface area contributed by atoms with E-state index in [9.17, 15) is 4.79 Å². The zero-order valence-electron chi connectivity index (χ0n) is 10.9. The number of halogens is 1. The van der Waals surface area contributed by atoms with Gasteiger partial charge < -0.3 is 11.1 Å². The van der Waals surface area contributed by atoms with Crippen molar-refractivity contribution in [2.45, 2.75) is 19.8 Å². The van der Waals surface area contributed by atoms with Crippen molar-refractivity contribution in [1.29, 1.82) is 0 Å². The van der Waals surface area contributed by atoms with E-state index in [0.717, 1.165) is 18.5 Å². The summed E-state index contributed by atoms with van der Waals surface area (Å²) < 4.78 is 0. The van der Waals surface area contributed by atoms with Crippen LogP contribution in [0, 0.1) is 23.7 Å². The Balaban J connectivity index is 2.09. The van der Waals surface area contributed by atoms with Crippen LogP contribution in [0.25, 0.3) is 0 Å². The number of amides is 1. The number of hydrogen-bond donors (Lipinski definition) is 2. The second-order valence-electron chi connectivity index (χ2n) is 4.82. The molecule has 0 bridgehead atoms. The van der Waals surface area contributed by atoms with E-state index in [1.807, 2.05) is 6.92 Å². The van der Waals surface area contributed by atoms with Crippen molar-refractivity contribution in [1.82, 2.24) is 0 Å². The summed E-state index contributed by atoms with van der Waals surface area (Å²) in [6.07, 6.45) is 2.31. The molecule has 1 unspecified atom stereocenters. The third kappa shape index (κ3) is 3.73. The van der Waals surface area contributed by atoms with Crippen molar-refractivity contribution in [3.8, 4) is 11.8 Å². The van der Waals surface area contributed by atoms with E-state index in [0.29, 0.717) is 16.5 Å². The molecule has 0 aliphatic heterocycles. The number of nitrogens with two attached hydrogens (primary N) is 1. The van der Waals surface area contributed by atoms with Gasteiger partial charge in [-0.1, -0.05) is 30.4 Å². The van der Waals surface area contributed by atoms with Crippen LogP contribution in [0.3, 0.4) is 0 Å². The summed E-state index contributed by atoms with van der Waals surface area (Å²) >= 11 is 6.04. The van der Waals surface area contributed by atoms with Crippen LogP contribution >= 0.6 is 11.6 Å². The number of carbonyl (C=O) groups is 1. The average molecular weight is 277 g/mol. The average Bonchev–Trinajstić information content (AvgIpc) is 3.22. The summed E-state index contributed by atoms with van der Waals surface area (Å²) in [5.41, 5.74) is 6.75. The van der Waals surface area contributed by atoms with Crippen LogP contribution in [-0.4, -0.2) is 12.5 Å². The minimum Gasteiger partial charge on any atom is -0.326 e. The topological polar surface area (TPSA) is 55.1 Å². The Morgan fingerprint density at radius 2 is 2.32 bits per heavy atom. The minimum absolute atomic E-state index is 0.0579. The predicted molar refractivity (Wildman–Crippen MR) is 77.9 cm³/mol. The maximum atomic E-state index is 12.0. The van der Waals surface area contributed by atoms with Crippen LogP contribution in [0.4, 0.5) is 5.69 Å². The van der Waals surface area contributed by atoms with Gasteiger partial charge >= 0.3 is 0 Å². The molecule has 3 nitrogen and oxygen atoms in total. The van der Waals surface area contributed by atoms with Crippen LogP contribution in [-0.2, 0) is 4.79 Å². The number of rotatable bonds is 3. The van der Waals surface area contributed by atoms with Crippen LogP contribution in [0.15, 0.2) is 18.2 Å². The second kappa shape index (κ2) is 6.10. The van der Waals surface area contributed by atoms with E-state index in [1.165, 1.54) is 0 Å². The molecule has 1 aromatic rings. The molecule has 0 radical (unpaired) electrons. The van der Waals surface area contributed by atoms with E-state index >= 15 is 0 Å². The van der Waals surface area contributed by atoms with Crippen molar-refractivity contribution in [3.05, 3.63) is 28.8 Å². The molecule has 4 heteroatoms. The fourth-order valence-corrected chi connectivity index (χ4v) is 2.08. The number of benzene rings is 1. The molecule has 1 aromatic carbocycles. The first kappa shape index (κ1) is 13.9. The highest BCUT2D eigenvalue weighted by Crippen LogP contribution is 2.37. The number of anilines is 1. The smallest absolute Gasteiger partial charge is 0.227 e. The Bertz CT molecular complexity index is 541. The lowest BCUT2D eigenvalue weighted by molar-refractivity contribution is -0.119. The number of nitrogens with one attached hydrogen (secondary N) is 1. The quantitative estimate of drug-likeness (QED) is 0.834. The molecular weight excluding hydrogens is 260 g/mol. The van der Waals surface area contributed by atoms with Crippen molar-refractivity contribution in [2.24, 2.45) is 17.6 Å². The molecule has 0 aromatic heterocycles. The van der Waals surface area contributed by atoms with Crippen LogP contribution < -0.4 is 11.1 Å². The fourth-order valence-electron chi connectivity index (χ4n) is 1.91. The molecule has 1 saturated carbocycles.